The van der Waals surface area contributed by atoms with Crippen molar-refractivity contribution in [3.63, 3.8) is 0 Å². The van der Waals surface area contributed by atoms with Gasteiger partial charge in [-0.15, -0.1) is 0 Å². The molecule has 0 heterocycles. The molecule has 0 aliphatic heterocycles. The first-order valence-corrected chi connectivity index (χ1v) is 8.71. The van der Waals surface area contributed by atoms with E-state index in [1.54, 1.807) is 0 Å². The summed E-state index contributed by atoms with van der Waals surface area (Å²) in [6.07, 6.45) is -7.81. The second-order valence-corrected chi connectivity index (χ2v) is 7.93. The van der Waals surface area contributed by atoms with Crippen molar-refractivity contribution in [3.8, 4) is 0 Å². The Morgan fingerprint density at radius 1 is 0.195 bits per heavy atom. The topological polar surface area (TPSA) is 0 Å². The van der Waals surface area contributed by atoms with Gasteiger partial charge in [0.15, 0.2) is 0 Å². The van der Waals surface area contributed by atoms with Gasteiger partial charge in [-0.2, -0.15) is 114 Å². The Hall–Kier alpha value is -1.89. The maximum atomic E-state index is 13.5. The van der Waals surface area contributed by atoms with E-state index in [4.69, 9.17) is 0 Å². The van der Waals surface area contributed by atoms with Gasteiger partial charge in [-0.1, -0.05) is 0 Å². The van der Waals surface area contributed by atoms with E-state index in [0.29, 0.717) is 0 Å². The second-order valence-electron chi connectivity index (χ2n) is 7.93. The van der Waals surface area contributed by atoms with Gasteiger partial charge in [-0.25, -0.2) is 4.39 Å². The lowest BCUT2D eigenvalue weighted by Gasteiger charge is -2.48. The first-order chi connectivity index (χ1) is 17.2. The van der Waals surface area contributed by atoms with E-state index in [-0.39, 0.29) is 0 Å². The van der Waals surface area contributed by atoms with Crippen LogP contribution in [0.5, 0.6) is 0 Å². The highest BCUT2D eigenvalue weighted by atomic mass is 19.4. The van der Waals surface area contributed by atoms with Crippen LogP contribution < -0.4 is 0 Å². The number of hydrogen-bond donors (Lipinski definition) is 0. The third kappa shape index (κ3) is 3.56. The van der Waals surface area contributed by atoms with Gasteiger partial charge < -0.3 is 0 Å². The lowest BCUT2D eigenvalue weighted by Crippen LogP contribution is -2.81. The van der Waals surface area contributed by atoms with Crippen LogP contribution in [0.4, 0.5) is 119 Å². The number of rotatable bonds is 0. The van der Waals surface area contributed by atoms with Crippen molar-refractivity contribution in [1.29, 1.82) is 0 Å². The molecule has 1 aliphatic carbocycles. The van der Waals surface area contributed by atoms with Crippen LogP contribution >= 0.6 is 0 Å². The van der Waals surface area contributed by atoms with Gasteiger partial charge >= 0.3 is 77.0 Å². The molecule has 0 aromatic rings. The predicted molar refractivity (Wildman–Crippen MR) is 69.2 cm³/mol. The van der Waals surface area contributed by atoms with Crippen LogP contribution in [-0.2, 0) is 0 Å². The molecule has 0 nitrogen and oxygen atoms in total. The van der Waals surface area contributed by atoms with Crippen LogP contribution in [0.15, 0.2) is 0 Å². The average molecular weight is 682 g/mol. The molecule has 0 atom stereocenters. The highest BCUT2D eigenvalue weighted by molar-refractivity contribution is 5.23. The highest BCUT2D eigenvalue weighted by Crippen LogP contribution is 2.70. The summed E-state index contributed by atoms with van der Waals surface area (Å²) in [6, 6.07) is 0. The van der Waals surface area contributed by atoms with Crippen LogP contribution in [0, 0.1) is 0 Å². The predicted octanol–water partition coefficient (Wildman–Crippen LogP) is 8.60. The summed E-state index contributed by atoms with van der Waals surface area (Å²) in [7, 11) is 0. The molecule has 1 rings (SSSR count). The summed E-state index contributed by atoms with van der Waals surface area (Å²) in [5.74, 6) is -123. The zero-order chi connectivity index (χ0) is 34.1. The van der Waals surface area contributed by atoms with Crippen molar-refractivity contribution in [3.05, 3.63) is 0 Å². The van der Waals surface area contributed by atoms with Crippen molar-refractivity contribution < 1.29 is 119 Å². The van der Waals surface area contributed by atoms with Crippen LogP contribution in [0.2, 0.25) is 0 Å². The lowest BCUT2D eigenvalue weighted by atomic mass is 9.80. The Balaban J connectivity index is 4.61. The lowest BCUT2D eigenvalue weighted by molar-refractivity contribution is -0.492. The Bertz CT molecular complexity index is 935. The largest absolute Gasteiger partial charge is 0.385 e. The van der Waals surface area contributed by atoms with Gasteiger partial charge in [0.25, 0.3) is 0 Å². The van der Waals surface area contributed by atoms with Crippen molar-refractivity contribution in [2.24, 2.45) is 0 Å². The van der Waals surface area contributed by atoms with E-state index >= 15 is 0 Å². The van der Waals surface area contributed by atoms with E-state index in [1.807, 2.05) is 0 Å². The quantitative estimate of drug-likeness (QED) is 0.225. The fourth-order valence-electron chi connectivity index (χ4n) is 2.74. The molecular formula is C14HF27. The van der Waals surface area contributed by atoms with Crippen LogP contribution in [-0.4, -0.2) is 83.2 Å². The smallest absolute Gasteiger partial charge is 0.234 e. The molecule has 27 heteroatoms. The zero-order valence-electron chi connectivity index (χ0n) is 17.3. The molecule has 41 heavy (non-hydrogen) atoms. The monoisotopic (exact) mass is 682 g/mol. The van der Waals surface area contributed by atoms with Crippen LogP contribution in [0.3, 0.4) is 0 Å². The molecule has 0 unspecified atom stereocenters. The van der Waals surface area contributed by atoms with Gasteiger partial charge in [-0.05, 0) is 0 Å². The second kappa shape index (κ2) is 8.39. The van der Waals surface area contributed by atoms with Crippen molar-refractivity contribution >= 4 is 0 Å². The molecule has 0 saturated heterocycles. The van der Waals surface area contributed by atoms with Gasteiger partial charge in [0.2, 0.25) is 6.17 Å². The van der Waals surface area contributed by atoms with Crippen molar-refractivity contribution in [1.82, 2.24) is 0 Å². The Labute approximate surface area is 203 Å². The minimum Gasteiger partial charge on any atom is -0.234 e. The number of hydrogen-bond acceptors (Lipinski definition) is 0. The summed E-state index contributed by atoms with van der Waals surface area (Å²) < 4.78 is 365. The Morgan fingerprint density at radius 2 is 0.293 bits per heavy atom. The normalized spacial score (nSPS) is 33.7. The van der Waals surface area contributed by atoms with E-state index < -0.39 is 83.2 Å². The molecule has 246 valence electrons. The first kappa shape index (κ1) is 37.1. The number of halogens is 27. The minimum absolute atomic E-state index is 7.81. The maximum Gasteiger partial charge on any atom is 0.385 e. The highest BCUT2D eigenvalue weighted by Gasteiger charge is 3.02. The zero-order valence-corrected chi connectivity index (χ0v) is 17.3. The molecule has 0 amide bonds. The van der Waals surface area contributed by atoms with Gasteiger partial charge in [-0.3, -0.25) is 0 Å². The van der Waals surface area contributed by atoms with E-state index in [0.717, 1.165) is 0 Å². The maximum absolute atomic E-state index is 13.5. The molecule has 1 aliphatic rings. The fourth-order valence-corrected chi connectivity index (χ4v) is 2.74. The summed E-state index contributed by atoms with van der Waals surface area (Å²) in [4.78, 5) is 0. The average Bonchev–Trinajstić information content (AvgIpc) is 2.75. The third-order valence-corrected chi connectivity index (χ3v) is 5.42. The molecule has 1 saturated carbocycles. The van der Waals surface area contributed by atoms with Crippen molar-refractivity contribution in [2.45, 2.75) is 83.2 Å². The SMILES string of the molecule is FC1C(F)(F)C(F)(F)C(F)(F)C(F)(F)C(F)(F)C(F)(F)C(F)(F)C(F)(F)C(F)(F)C(F)(F)C(F)(F)C(F)(F)C1(F)F. The molecule has 0 aromatic heterocycles. The molecular weight excluding hydrogens is 681 g/mol. The summed E-state index contributed by atoms with van der Waals surface area (Å²) in [5.41, 5.74) is 0. The Kier molecular flexibility index (Phi) is 7.60. The number of alkyl halides is 27. The summed E-state index contributed by atoms with van der Waals surface area (Å²) in [5, 5.41) is 0. The van der Waals surface area contributed by atoms with E-state index in [9.17, 15) is 119 Å². The van der Waals surface area contributed by atoms with Gasteiger partial charge in [0, 0.05) is 0 Å². The van der Waals surface area contributed by atoms with E-state index in [2.05, 4.69) is 0 Å². The van der Waals surface area contributed by atoms with Crippen molar-refractivity contribution in [2.75, 3.05) is 0 Å². The Morgan fingerprint density at radius 3 is 0.415 bits per heavy atom. The molecule has 0 radical (unpaired) electrons. The van der Waals surface area contributed by atoms with Gasteiger partial charge in [0.05, 0.1) is 0 Å². The third-order valence-electron chi connectivity index (χ3n) is 5.42. The molecule has 0 N–H and O–H groups in total. The first-order valence-electron chi connectivity index (χ1n) is 8.71. The fraction of sp³-hybridized carbons (Fsp3) is 1.00. The molecule has 0 aromatic carbocycles. The molecule has 0 spiro atoms. The summed E-state index contributed by atoms with van der Waals surface area (Å²) in [6.45, 7) is 0. The molecule has 0 bridgehead atoms. The summed E-state index contributed by atoms with van der Waals surface area (Å²) >= 11 is 0. The van der Waals surface area contributed by atoms with Crippen LogP contribution in [0.25, 0.3) is 0 Å². The van der Waals surface area contributed by atoms with Crippen LogP contribution in [0.1, 0.15) is 0 Å². The molecule has 1 fully saturated rings. The van der Waals surface area contributed by atoms with E-state index in [1.165, 1.54) is 0 Å². The van der Waals surface area contributed by atoms with Gasteiger partial charge in [0.1, 0.15) is 0 Å². The standard InChI is InChI=1S/C14HF27/c15-1-2(16,17)4(20,21)6(24,25)8(28,29)10(32,33)12(36,37)14(40,41)13(38,39)11(34,35)9(30,31)7(26,27)5(22,23)3(1,18)19/h1H. The minimum atomic E-state index is -9.70.